The average Bonchev–Trinajstić information content (AvgIpc) is 2.78. The van der Waals surface area contributed by atoms with Gasteiger partial charge in [0, 0.05) is 37.6 Å². The highest BCUT2D eigenvalue weighted by Gasteiger charge is 2.31. The fourth-order valence-electron chi connectivity index (χ4n) is 3.65. The Balaban J connectivity index is 1.49. The smallest absolute Gasteiger partial charge is 0.255 e. The van der Waals surface area contributed by atoms with E-state index in [9.17, 15) is 17.6 Å². The van der Waals surface area contributed by atoms with Gasteiger partial charge in [0.2, 0.25) is 10.0 Å². The van der Waals surface area contributed by atoms with Crippen LogP contribution in [-0.2, 0) is 10.0 Å². The van der Waals surface area contributed by atoms with Crippen molar-refractivity contribution in [2.45, 2.75) is 11.8 Å². The summed E-state index contributed by atoms with van der Waals surface area (Å²) in [5.74, 6) is -0.0122. The van der Waals surface area contributed by atoms with Gasteiger partial charge in [0.25, 0.3) is 5.91 Å². The van der Waals surface area contributed by atoms with E-state index in [1.54, 1.807) is 36.1 Å². The largest absolute Gasteiger partial charge is 0.497 e. The average molecular weight is 444 g/mol. The summed E-state index contributed by atoms with van der Waals surface area (Å²) in [6.45, 7) is 2.66. The zero-order valence-corrected chi connectivity index (χ0v) is 18.0. The number of hydrogen-bond donors (Lipinski definition) is 0. The number of carbonyl (C=O) groups excluding carboxylic acids is 1. The van der Waals surface area contributed by atoms with E-state index in [2.05, 4.69) is 4.98 Å². The van der Waals surface area contributed by atoms with Crippen LogP contribution < -0.4 is 4.74 Å². The molecule has 1 aliphatic heterocycles. The van der Waals surface area contributed by atoms with Gasteiger partial charge in [0.1, 0.15) is 11.6 Å². The van der Waals surface area contributed by atoms with Crippen molar-refractivity contribution in [3.05, 3.63) is 65.6 Å². The zero-order chi connectivity index (χ0) is 22.2. The summed E-state index contributed by atoms with van der Waals surface area (Å²) in [4.78, 5) is 19.2. The van der Waals surface area contributed by atoms with E-state index in [1.165, 1.54) is 35.7 Å². The second kappa shape index (κ2) is 8.24. The molecule has 3 aromatic rings. The molecule has 0 saturated carbocycles. The second-order valence-corrected chi connectivity index (χ2v) is 9.27. The molecule has 162 valence electrons. The molecule has 9 heteroatoms. The minimum absolute atomic E-state index is 0.190. The highest BCUT2D eigenvalue weighted by Crippen LogP contribution is 2.23. The van der Waals surface area contributed by atoms with Crippen LogP contribution in [0.5, 0.6) is 5.75 Å². The fourth-order valence-corrected chi connectivity index (χ4v) is 5.07. The summed E-state index contributed by atoms with van der Waals surface area (Å²) < 4.78 is 45.7. The molecule has 1 saturated heterocycles. The van der Waals surface area contributed by atoms with Crippen LogP contribution in [-0.4, -0.2) is 61.8 Å². The number of pyridine rings is 1. The summed E-state index contributed by atoms with van der Waals surface area (Å²) in [5.41, 5.74) is 1.44. The first kappa shape index (κ1) is 21.2. The standard InChI is InChI=1S/C22H22FN3O4S/c1-15-20(13-16-3-4-17(23)14-21(16)24-15)22(27)25-9-11-26(12-10-25)31(28,29)19-7-5-18(30-2)6-8-19/h3-8,13-14H,9-12H2,1-2H3. The van der Waals surface area contributed by atoms with Gasteiger partial charge in [-0.25, -0.2) is 12.8 Å². The Morgan fingerprint density at radius 1 is 1.03 bits per heavy atom. The molecular formula is C22H22FN3O4S. The van der Waals surface area contributed by atoms with E-state index in [-0.39, 0.29) is 42.8 Å². The van der Waals surface area contributed by atoms with Crippen molar-refractivity contribution in [1.29, 1.82) is 0 Å². The molecule has 0 radical (unpaired) electrons. The van der Waals surface area contributed by atoms with Gasteiger partial charge in [-0.05, 0) is 49.4 Å². The van der Waals surface area contributed by atoms with E-state index in [4.69, 9.17) is 4.74 Å². The molecule has 0 atom stereocenters. The van der Waals surface area contributed by atoms with Crippen molar-refractivity contribution in [3.63, 3.8) is 0 Å². The van der Waals surface area contributed by atoms with E-state index in [1.807, 2.05) is 0 Å². The first-order valence-electron chi connectivity index (χ1n) is 9.80. The molecule has 2 aromatic carbocycles. The number of fused-ring (bicyclic) bond motifs is 1. The monoisotopic (exact) mass is 443 g/mol. The number of amides is 1. The first-order valence-corrected chi connectivity index (χ1v) is 11.2. The number of nitrogens with zero attached hydrogens (tertiary/aromatic N) is 3. The maximum Gasteiger partial charge on any atom is 0.255 e. The number of piperazine rings is 1. The normalized spacial score (nSPS) is 15.3. The summed E-state index contributed by atoms with van der Waals surface area (Å²) in [6, 6.07) is 12.2. The maximum absolute atomic E-state index is 13.4. The molecule has 0 spiro atoms. The molecule has 7 nitrogen and oxygen atoms in total. The van der Waals surface area contributed by atoms with E-state index in [0.717, 1.165) is 0 Å². The third-order valence-corrected chi connectivity index (χ3v) is 7.34. The molecule has 2 heterocycles. The first-order chi connectivity index (χ1) is 14.8. The van der Waals surface area contributed by atoms with Gasteiger partial charge in [-0.2, -0.15) is 4.31 Å². The number of ether oxygens (including phenoxy) is 1. The summed E-state index contributed by atoms with van der Waals surface area (Å²) >= 11 is 0. The summed E-state index contributed by atoms with van der Waals surface area (Å²) in [5, 5.41) is 0.677. The lowest BCUT2D eigenvalue weighted by Crippen LogP contribution is -2.50. The van der Waals surface area contributed by atoms with Gasteiger partial charge in [-0.1, -0.05) is 0 Å². The van der Waals surface area contributed by atoms with Crippen molar-refractivity contribution in [3.8, 4) is 5.75 Å². The van der Waals surface area contributed by atoms with Gasteiger partial charge >= 0.3 is 0 Å². The molecule has 0 unspecified atom stereocenters. The number of aryl methyl sites for hydroxylation is 1. The maximum atomic E-state index is 13.4. The predicted molar refractivity (Wildman–Crippen MR) is 114 cm³/mol. The molecule has 31 heavy (non-hydrogen) atoms. The van der Waals surface area contributed by atoms with Crippen LogP contribution in [0.15, 0.2) is 53.4 Å². The van der Waals surface area contributed by atoms with E-state index in [0.29, 0.717) is 27.9 Å². The van der Waals surface area contributed by atoms with Crippen LogP contribution in [0.25, 0.3) is 10.9 Å². The number of benzene rings is 2. The highest BCUT2D eigenvalue weighted by molar-refractivity contribution is 7.89. The van der Waals surface area contributed by atoms with Crippen LogP contribution in [0.1, 0.15) is 16.1 Å². The Hall–Kier alpha value is -3.04. The quantitative estimate of drug-likeness (QED) is 0.620. The Bertz CT molecular complexity index is 1240. The zero-order valence-electron chi connectivity index (χ0n) is 17.2. The van der Waals surface area contributed by atoms with Crippen molar-refractivity contribution < 1.29 is 22.3 Å². The lowest BCUT2D eigenvalue weighted by Gasteiger charge is -2.34. The number of rotatable bonds is 4. The number of halogens is 1. The van der Waals surface area contributed by atoms with Crippen LogP contribution in [0.2, 0.25) is 0 Å². The van der Waals surface area contributed by atoms with Crippen molar-refractivity contribution in [2.75, 3.05) is 33.3 Å². The number of hydrogen-bond acceptors (Lipinski definition) is 5. The van der Waals surface area contributed by atoms with Gasteiger partial charge in [0.15, 0.2) is 0 Å². The summed E-state index contributed by atoms with van der Waals surface area (Å²) in [6.07, 6.45) is 0. The van der Waals surface area contributed by atoms with Gasteiger partial charge in [0.05, 0.1) is 28.8 Å². The van der Waals surface area contributed by atoms with Crippen molar-refractivity contribution in [1.82, 2.24) is 14.2 Å². The van der Waals surface area contributed by atoms with Crippen LogP contribution in [0.4, 0.5) is 4.39 Å². The van der Waals surface area contributed by atoms with Crippen LogP contribution in [0.3, 0.4) is 0 Å². The molecule has 1 aliphatic rings. The third kappa shape index (κ3) is 4.11. The molecule has 4 rings (SSSR count). The topological polar surface area (TPSA) is 79.8 Å². The molecule has 0 bridgehead atoms. The van der Waals surface area contributed by atoms with Gasteiger partial charge in [-0.15, -0.1) is 0 Å². The molecule has 0 aliphatic carbocycles. The number of methoxy groups -OCH3 is 1. The fraction of sp³-hybridized carbons (Fsp3) is 0.273. The minimum Gasteiger partial charge on any atom is -0.497 e. The Morgan fingerprint density at radius 3 is 2.35 bits per heavy atom. The molecule has 1 fully saturated rings. The third-order valence-electron chi connectivity index (χ3n) is 5.42. The van der Waals surface area contributed by atoms with E-state index >= 15 is 0 Å². The molecule has 0 N–H and O–H groups in total. The number of sulfonamides is 1. The summed E-state index contributed by atoms with van der Waals surface area (Å²) in [7, 11) is -2.13. The second-order valence-electron chi connectivity index (χ2n) is 7.33. The van der Waals surface area contributed by atoms with Crippen molar-refractivity contribution >= 4 is 26.8 Å². The van der Waals surface area contributed by atoms with Crippen LogP contribution >= 0.6 is 0 Å². The Labute approximate surface area is 180 Å². The Kier molecular flexibility index (Phi) is 5.63. The molecular weight excluding hydrogens is 421 g/mol. The lowest BCUT2D eigenvalue weighted by molar-refractivity contribution is 0.0697. The SMILES string of the molecule is COc1ccc(S(=O)(=O)N2CCN(C(=O)c3cc4ccc(F)cc4nc3C)CC2)cc1. The number of carbonyl (C=O) groups is 1. The van der Waals surface area contributed by atoms with Gasteiger partial charge in [-0.3, -0.25) is 9.78 Å². The van der Waals surface area contributed by atoms with Gasteiger partial charge < -0.3 is 9.64 Å². The minimum atomic E-state index is -3.65. The van der Waals surface area contributed by atoms with Crippen LogP contribution in [0, 0.1) is 12.7 Å². The molecule has 1 aromatic heterocycles. The predicted octanol–water partition coefficient (Wildman–Crippen LogP) is 2.84. The lowest BCUT2D eigenvalue weighted by atomic mass is 10.1. The highest BCUT2D eigenvalue weighted by atomic mass is 32.2. The van der Waals surface area contributed by atoms with E-state index < -0.39 is 10.0 Å². The van der Waals surface area contributed by atoms with Crippen molar-refractivity contribution in [2.24, 2.45) is 0 Å². The Morgan fingerprint density at radius 2 is 1.71 bits per heavy atom. The number of aromatic nitrogens is 1. The molecule has 1 amide bonds.